The molecule has 1 N–H and O–H groups in total. The average molecular weight is 234 g/mol. The third-order valence-corrected chi connectivity index (χ3v) is 2.46. The lowest BCUT2D eigenvalue weighted by molar-refractivity contribution is -0.266. The Kier molecular flexibility index (Phi) is 2.28. The summed E-state index contributed by atoms with van der Waals surface area (Å²) in [6, 6.07) is 0. The van der Waals surface area contributed by atoms with Gasteiger partial charge in [0.2, 0.25) is 0 Å². The molecule has 5 nitrogen and oxygen atoms in total. The highest BCUT2D eigenvalue weighted by Gasteiger charge is 2.39. The molecule has 0 aromatic carbocycles. The number of H-pyrrole nitrogens is 1. The van der Waals surface area contributed by atoms with Crippen LogP contribution >= 0.6 is 0 Å². The van der Waals surface area contributed by atoms with Gasteiger partial charge in [-0.2, -0.15) is 18.3 Å². The van der Waals surface area contributed by atoms with Gasteiger partial charge in [-0.3, -0.25) is 5.10 Å². The van der Waals surface area contributed by atoms with Gasteiger partial charge in [-0.05, 0) is 0 Å². The lowest BCUT2D eigenvalue weighted by Gasteiger charge is -2.29. The number of carbonyl (C=O) groups excluding carboxylic acids is 1. The van der Waals surface area contributed by atoms with Crippen molar-refractivity contribution in [2.45, 2.75) is 19.1 Å². The summed E-state index contributed by atoms with van der Waals surface area (Å²) in [7, 11) is 0. The number of halogens is 3. The molecule has 2 heterocycles. The third kappa shape index (κ3) is 1.70. The van der Waals surface area contributed by atoms with Crippen molar-refractivity contribution in [3.05, 3.63) is 17.0 Å². The van der Waals surface area contributed by atoms with Crippen molar-refractivity contribution in [2.24, 2.45) is 0 Å². The van der Waals surface area contributed by atoms with Crippen LogP contribution in [0.4, 0.5) is 18.0 Å². The fourth-order valence-corrected chi connectivity index (χ4v) is 1.69. The van der Waals surface area contributed by atoms with E-state index >= 15 is 0 Å². The average Bonchev–Trinajstić information content (AvgIpc) is 2.58. The second kappa shape index (κ2) is 3.39. The molecule has 0 radical (unpaired) electrons. The molecule has 0 saturated heterocycles. The summed E-state index contributed by atoms with van der Waals surface area (Å²) < 4.78 is 37.4. The van der Waals surface area contributed by atoms with Crippen LogP contribution in [0.5, 0.6) is 0 Å². The zero-order valence-electron chi connectivity index (χ0n) is 7.97. The SMILES string of the molecule is O=C([O-])N1CCc2[nH]nc(C(F)(F)F)c2C1. The summed E-state index contributed by atoms with van der Waals surface area (Å²) in [4.78, 5) is 11.4. The van der Waals surface area contributed by atoms with E-state index in [0.717, 1.165) is 4.90 Å². The summed E-state index contributed by atoms with van der Waals surface area (Å²) in [6.45, 7) is -0.210. The Morgan fingerprint density at radius 3 is 2.75 bits per heavy atom. The number of carboxylic acid groups (broad SMARTS) is 1. The number of carbonyl (C=O) groups is 1. The highest BCUT2D eigenvalue weighted by atomic mass is 19.4. The van der Waals surface area contributed by atoms with Crippen LogP contribution in [0.2, 0.25) is 0 Å². The molecule has 0 unspecified atom stereocenters. The Labute approximate surface area is 87.9 Å². The predicted molar refractivity (Wildman–Crippen MR) is 43.1 cm³/mol. The van der Waals surface area contributed by atoms with Crippen LogP contribution in [-0.2, 0) is 19.1 Å². The number of hydrogen-bond acceptors (Lipinski definition) is 3. The van der Waals surface area contributed by atoms with Crippen molar-refractivity contribution in [3.63, 3.8) is 0 Å². The smallest absolute Gasteiger partial charge is 0.435 e. The van der Waals surface area contributed by atoms with Crippen LogP contribution in [0.3, 0.4) is 0 Å². The van der Waals surface area contributed by atoms with E-state index in [-0.39, 0.29) is 25.1 Å². The van der Waals surface area contributed by atoms with Crippen molar-refractivity contribution >= 4 is 6.09 Å². The van der Waals surface area contributed by atoms with Gasteiger partial charge in [0, 0.05) is 30.8 Å². The largest absolute Gasteiger partial charge is 0.530 e. The molecule has 88 valence electrons. The minimum absolute atomic E-state index is 0.108. The highest BCUT2D eigenvalue weighted by molar-refractivity contribution is 5.63. The van der Waals surface area contributed by atoms with Crippen LogP contribution in [0, 0.1) is 0 Å². The molecule has 16 heavy (non-hydrogen) atoms. The number of aromatic nitrogens is 2. The highest BCUT2D eigenvalue weighted by Crippen LogP contribution is 2.33. The lowest BCUT2D eigenvalue weighted by Crippen LogP contribution is -2.44. The molecule has 0 atom stereocenters. The van der Waals surface area contributed by atoms with E-state index in [1.54, 1.807) is 0 Å². The Balaban J connectivity index is 2.35. The van der Waals surface area contributed by atoms with E-state index in [1.165, 1.54) is 0 Å². The van der Waals surface area contributed by atoms with Crippen LogP contribution in [0.25, 0.3) is 0 Å². The molecular formula is C8H7F3N3O2-. The summed E-state index contributed by atoms with van der Waals surface area (Å²) in [5, 5.41) is 16.0. The number of alkyl halides is 3. The van der Waals surface area contributed by atoms with E-state index < -0.39 is 18.0 Å². The normalized spacial score (nSPS) is 16.1. The number of fused-ring (bicyclic) bond motifs is 1. The van der Waals surface area contributed by atoms with Crippen molar-refractivity contribution in [2.75, 3.05) is 6.54 Å². The molecule has 0 spiro atoms. The predicted octanol–water partition coefficient (Wildman–Crippen LogP) is 0.130. The molecule has 1 aromatic rings. The standard InChI is InChI=1S/C8H8F3N3O2/c9-8(10,11)6-4-3-14(7(15)16)2-1-5(4)12-13-6/h1-3H2,(H,12,13)(H,15,16)/p-1. The van der Waals surface area contributed by atoms with Crippen molar-refractivity contribution in [3.8, 4) is 0 Å². The second-order valence-corrected chi connectivity index (χ2v) is 3.46. The fourth-order valence-electron chi connectivity index (χ4n) is 1.69. The first-order valence-corrected chi connectivity index (χ1v) is 4.49. The lowest BCUT2D eigenvalue weighted by atomic mass is 10.1. The summed E-state index contributed by atoms with van der Waals surface area (Å²) in [5.74, 6) is 0. The first-order valence-electron chi connectivity index (χ1n) is 4.49. The van der Waals surface area contributed by atoms with E-state index in [0.29, 0.717) is 5.69 Å². The van der Waals surface area contributed by atoms with Gasteiger partial charge >= 0.3 is 6.18 Å². The zero-order valence-corrected chi connectivity index (χ0v) is 7.97. The Hall–Kier alpha value is -1.73. The van der Waals surface area contributed by atoms with Gasteiger partial charge in [-0.25, -0.2) is 0 Å². The first kappa shape index (κ1) is 10.8. The summed E-state index contributed by atoms with van der Waals surface area (Å²) in [5.41, 5.74) is -0.818. The number of amides is 1. The molecule has 8 heteroatoms. The van der Waals surface area contributed by atoms with Crippen molar-refractivity contribution < 1.29 is 23.1 Å². The molecule has 0 bridgehead atoms. The summed E-state index contributed by atoms with van der Waals surface area (Å²) >= 11 is 0. The second-order valence-electron chi connectivity index (χ2n) is 3.46. The first-order chi connectivity index (χ1) is 7.39. The minimum Gasteiger partial charge on any atom is -0.530 e. The van der Waals surface area contributed by atoms with Crippen molar-refractivity contribution in [1.29, 1.82) is 0 Å². The van der Waals surface area contributed by atoms with Gasteiger partial charge < -0.3 is 14.8 Å². The number of hydrogen-bond donors (Lipinski definition) is 1. The van der Waals surface area contributed by atoms with Gasteiger partial charge in [0.15, 0.2) is 5.69 Å². The summed E-state index contributed by atoms with van der Waals surface area (Å²) in [6.07, 6.45) is -5.86. The van der Waals surface area contributed by atoms with E-state index in [2.05, 4.69) is 10.2 Å². The Bertz CT molecular complexity index is 427. The van der Waals surface area contributed by atoms with E-state index in [4.69, 9.17) is 0 Å². The molecule has 1 amide bonds. The molecular weight excluding hydrogens is 227 g/mol. The molecule has 0 fully saturated rings. The maximum Gasteiger partial charge on any atom is 0.435 e. The van der Waals surface area contributed by atoms with Crippen LogP contribution in [-0.4, -0.2) is 27.7 Å². The van der Waals surface area contributed by atoms with Gasteiger partial charge in [0.05, 0.1) is 0 Å². The quantitative estimate of drug-likeness (QED) is 0.693. The van der Waals surface area contributed by atoms with Crippen molar-refractivity contribution in [1.82, 2.24) is 15.1 Å². The maximum atomic E-state index is 12.5. The number of nitrogens with zero attached hydrogens (tertiary/aromatic N) is 2. The molecule has 1 aromatic heterocycles. The number of nitrogens with one attached hydrogen (secondary N) is 1. The van der Waals surface area contributed by atoms with Gasteiger partial charge in [-0.1, -0.05) is 0 Å². The maximum absolute atomic E-state index is 12.5. The molecule has 2 rings (SSSR count). The Morgan fingerprint density at radius 1 is 1.50 bits per heavy atom. The molecule has 1 aliphatic heterocycles. The minimum atomic E-state index is -4.57. The van der Waals surface area contributed by atoms with Gasteiger partial charge in [-0.15, -0.1) is 0 Å². The molecule has 0 saturated carbocycles. The third-order valence-electron chi connectivity index (χ3n) is 2.46. The Morgan fingerprint density at radius 2 is 2.19 bits per heavy atom. The fraction of sp³-hybridized carbons (Fsp3) is 0.500. The van der Waals surface area contributed by atoms with Gasteiger partial charge in [0.1, 0.15) is 6.09 Å². The van der Waals surface area contributed by atoms with Crippen LogP contribution in [0.15, 0.2) is 0 Å². The number of rotatable bonds is 0. The number of aromatic amines is 1. The topological polar surface area (TPSA) is 72.0 Å². The van der Waals surface area contributed by atoms with E-state index in [1.807, 2.05) is 0 Å². The zero-order chi connectivity index (χ0) is 11.9. The van der Waals surface area contributed by atoms with Crippen LogP contribution < -0.4 is 5.11 Å². The van der Waals surface area contributed by atoms with Gasteiger partial charge in [0.25, 0.3) is 0 Å². The molecule has 0 aliphatic carbocycles. The molecule has 1 aliphatic rings. The monoisotopic (exact) mass is 234 g/mol. The van der Waals surface area contributed by atoms with E-state index in [9.17, 15) is 23.1 Å². The van der Waals surface area contributed by atoms with Crippen LogP contribution in [0.1, 0.15) is 17.0 Å².